The minimum atomic E-state index is -0.525. The van der Waals surface area contributed by atoms with Crippen molar-refractivity contribution >= 4 is 23.2 Å². The van der Waals surface area contributed by atoms with E-state index >= 15 is 0 Å². The number of nitrogens with one attached hydrogen (secondary N) is 2. The van der Waals surface area contributed by atoms with Gasteiger partial charge in [-0.3, -0.25) is 5.10 Å². The Morgan fingerprint density at radius 1 is 1.24 bits per heavy atom. The van der Waals surface area contributed by atoms with Crippen molar-refractivity contribution in [3.8, 4) is 23.1 Å². The zero-order valence-electron chi connectivity index (χ0n) is 15.2. The Hall–Kier alpha value is -3.22. The molecule has 1 saturated carbocycles. The highest BCUT2D eigenvalue weighted by atomic mass is 35.5. The van der Waals surface area contributed by atoms with Gasteiger partial charge < -0.3 is 15.8 Å². The lowest BCUT2D eigenvalue weighted by Gasteiger charge is -2.17. The van der Waals surface area contributed by atoms with E-state index < -0.39 is 5.82 Å². The lowest BCUT2D eigenvalue weighted by molar-refractivity contribution is 0.208. The molecule has 2 heterocycles. The summed E-state index contributed by atoms with van der Waals surface area (Å²) in [4.78, 5) is 8.00. The van der Waals surface area contributed by atoms with Crippen molar-refractivity contribution in [2.45, 2.75) is 31.4 Å². The van der Waals surface area contributed by atoms with Crippen molar-refractivity contribution in [1.82, 2.24) is 20.2 Å². The molecule has 29 heavy (non-hydrogen) atoms. The van der Waals surface area contributed by atoms with Crippen molar-refractivity contribution in [3.05, 3.63) is 47.1 Å². The maximum atomic E-state index is 14.8. The highest BCUT2D eigenvalue weighted by molar-refractivity contribution is 6.30. The average Bonchev–Trinajstić information content (AvgIpc) is 3.31. The summed E-state index contributed by atoms with van der Waals surface area (Å²) in [5.74, 6) is 0.614. The maximum Gasteiger partial charge on any atom is 0.158 e. The van der Waals surface area contributed by atoms with Gasteiger partial charge in [-0.25, -0.2) is 14.4 Å². The van der Waals surface area contributed by atoms with E-state index in [1.54, 1.807) is 12.1 Å². The largest absolute Gasteiger partial charge is 0.489 e. The van der Waals surface area contributed by atoms with E-state index in [-0.39, 0.29) is 28.4 Å². The summed E-state index contributed by atoms with van der Waals surface area (Å²) in [5, 5.41) is 18.9. The molecule has 1 aromatic carbocycles. The van der Waals surface area contributed by atoms with E-state index in [2.05, 4.69) is 25.5 Å². The third-order valence-electron chi connectivity index (χ3n) is 4.61. The van der Waals surface area contributed by atoms with Crippen LogP contribution in [-0.4, -0.2) is 32.3 Å². The molecule has 0 aliphatic heterocycles. The van der Waals surface area contributed by atoms with Gasteiger partial charge in [0.1, 0.15) is 29.6 Å². The molecular weight excluding hydrogens is 397 g/mol. The molecule has 0 bridgehead atoms. The van der Waals surface area contributed by atoms with Crippen LogP contribution in [0.3, 0.4) is 0 Å². The fraction of sp³-hybridized carbons (Fsp3) is 0.263. The molecule has 4 rings (SSSR count). The molecule has 0 spiro atoms. The van der Waals surface area contributed by atoms with Crippen LogP contribution in [0.1, 0.15) is 25.0 Å². The van der Waals surface area contributed by atoms with Crippen LogP contribution in [0, 0.1) is 17.1 Å². The fourth-order valence-electron chi connectivity index (χ4n) is 3.26. The first-order valence-corrected chi connectivity index (χ1v) is 9.36. The number of nitriles is 1. The van der Waals surface area contributed by atoms with Crippen LogP contribution in [-0.2, 0) is 0 Å². The van der Waals surface area contributed by atoms with E-state index in [1.165, 1.54) is 18.5 Å². The molecular formula is C19H17ClFN7O. The van der Waals surface area contributed by atoms with E-state index in [0.29, 0.717) is 29.5 Å². The molecule has 0 radical (unpaired) electrons. The number of halogens is 2. The number of H-pyrrole nitrogens is 1. The maximum absolute atomic E-state index is 14.8. The zero-order chi connectivity index (χ0) is 20.4. The number of hydrogen-bond donors (Lipinski definition) is 3. The van der Waals surface area contributed by atoms with Gasteiger partial charge in [0, 0.05) is 17.1 Å². The third kappa shape index (κ3) is 4.29. The van der Waals surface area contributed by atoms with E-state index in [1.807, 2.05) is 6.07 Å². The summed E-state index contributed by atoms with van der Waals surface area (Å²) in [6.45, 7) is 0. The van der Waals surface area contributed by atoms with Gasteiger partial charge in [-0.15, -0.1) is 0 Å². The predicted molar refractivity (Wildman–Crippen MR) is 105 cm³/mol. The number of aromatic nitrogens is 4. The Balaban J connectivity index is 1.60. The second-order valence-electron chi connectivity index (χ2n) is 6.76. The standard InChI is InChI=1S/C19H17ClFN7O/c20-10-3-14(21)19(16(4-10)29-13-2-1-11(23)5-13)15-6-17(28-27-15)26-18-9-24-12(7-22)8-25-18/h3-4,6,8-9,11,13H,1-2,5,23H2,(H2,25,26,27,28)/t11-,13+/m0/s1. The number of nitrogens with two attached hydrogens (primary N) is 1. The SMILES string of the molecule is N#Cc1cnc(Nc2cc(-c3c(F)cc(Cl)cc3O[C@@H]3CC[C@H](N)C3)[nH]n2)cn1. The Morgan fingerprint density at radius 3 is 2.79 bits per heavy atom. The van der Waals surface area contributed by atoms with Crippen LogP contribution >= 0.6 is 11.6 Å². The molecule has 1 fully saturated rings. The molecule has 1 aliphatic rings. The molecule has 2 aromatic heterocycles. The summed E-state index contributed by atoms with van der Waals surface area (Å²) in [7, 11) is 0. The first-order chi connectivity index (χ1) is 14.0. The Bertz CT molecular complexity index is 1060. The van der Waals surface area contributed by atoms with Crippen LogP contribution < -0.4 is 15.8 Å². The van der Waals surface area contributed by atoms with Gasteiger partial charge in [-0.1, -0.05) is 11.6 Å². The number of hydrogen-bond acceptors (Lipinski definition) is 7. The molecule has 4 N–H and O–H groups in total. The lowest BCUT2D eigenvalue weighted by Crippen LogP contribution is -2.19. The summed E-state index contributed by atoms with van der Waals surface area (Å²) < 4.78 is 20.8. The van der Waals surface area contributed by atoms with Gasteiger partial charge in [-0.05, 0) is 31.4 Å². The van der Waals surface area contributed by atoms with Gasteiger partial charge in [0.25, 0.3) is 0 Å². The monoisotopic (exact) mass is 413 g/mol. The second kappa shape index (κ2) is 8.03. The summed E-state index contributed by atoms with van der Waals surface area (Å²) >= 11 is 6.04. The third-order valence-corrected chi connectivity index (χ3v) is 4.83. The van der Waals surface area contributed by atoms with Gasteiger partial charge in [-0.2, -0.15) is 10.4 Å². The van der Waals surface area contributed by atoms with Crippen molar-refractivity contribution in [3.63, 3.8) is 0 Å². The number of ether oxygens (including phenoxy) is 1. The van der Waals surface area contributed by atoms with Crippen LogP contribution in [0.5, 0.6) is 5.75 Å². The molecule has 0 unspecified atom stereocenters. The minimum Gasteiger partial charge on any atom is -0.489 e. The fourth-order valence-corrected chi connectivity index (χ4v) is 3.45. The molecule has 0 amide bonds. The summed E-state index contributed by atoms with van der Waals surface area (Å²) in [5.41, 5.74) is 6.81. The second-order valence-corrected chi connectivity index (χ2v) is 7.20. The van der Waals surface area contributed by atoms with E-state index in [0.717, 1.165) is 12.8 Å². The zero-order valence-corrected chi connectivity index (χ0v) is 15.9. The van der Waals surface area contributed by atoms with Crippen LogP contribution in [0.25, 0.3) is 11.3 Å². The first-order valence-electron chi connectivity index (χ1n) is 8.98. The molecule has 148 valence electrons. The molecule has 2 atom stereocenters. The summed E-state index contributed by atoms with van der Waals surface area (Å²) in [6, 6.07) is 6.42. The molecule has 8 nitrogen and oxygen atoms in total. The van der Waals surface area contributed by atoms with Gasteiger partial charge >= 0.3 is 0 Å². The average molecular weight is 414 g/mol. The topological polar surface area (TPSA) is 126 Å². The van der Waals surface area contributed by atoms with E-state index in [4.69, 9.17) is 27.3 Å². The molecule has 0 saturated heterocycles. The first kappa shape index (κ1) is 19.1. The Morgan fingerprint density at radius 2 is 2.10 bits per heavy atom. The Kier molecular flexibility index (Phi) is 5.29. The number of rotatable bonds is 5. The molecule has 10 heteroatoms. The summed E-state index contributed by atoms with van der Waals surface area (Å²) in [6.07, 6.45) is 5.05. The van der Waals surface area contributed by atoms with Crippen LogP contribution in [0.4, 0.5) is 16.0 Å². The van der Waals surface area contributed by atoms with Crippen molar-refractivity contribution in [1.29, 1.82) is 5.26 Å². The van der Waals surface area contributed by atoms with Crippen molar-refractivity contribution in [2.75, 3.05) is 5.32 Å². The molecule has 1 aliphatic carbocycles. The number of benzene rings is 1. The van der Waals surface area contributed by atoms with Crippen molar-refractivity contribution in [2.24, 2.45) is 5.73 Å². The Labute approximate surface area is 170 Å². The smallest absolute Gasteiger partial charge is 0.158 e. The lowest BCUT2D eigenvalue weighted by atomic mass is 10.1. The van der Waals surface area contributed by atoms with Gasteiger partial charge in [0.2, 0.25) is 0 Å². The number of nitrogens with zero attached hydrogens (tertiary/aromatic N) is 4. The minimum absolute atomic E-state index is 0.0870. The molecule has 3 aromatic rings. The quantitative estimate of drug-likeness (QED) is 0.584. The van der Waals surface area contributed by atoms with Crippen LogP contribution in [0.15, 0.2) is 30.6 Å². The van der Waals surface area contributed by atoms with Crippen molar-refractivity contribution < 1.29 is 9.13 Å². The predicted octanol–water partition coefficient (Wildman–Crippen LogP) is 3.53. The van der Waals surface area contributed by atoms with Crippen LogP contribution in [0.2, 0.25) is 5.02 Å². The van der Waals surface area contributed by atoms with E-state index in [9.17, 15) is 4.39 Å². The highest BCUT2D eigenvalue weighted by Crippen LogP contribution is 2.37. The van der Waals surface area contributed by atoms with Gasteiger partial charge in [0.05, 0.1) is 23.7 Å². The van der Waals surface area contributed by atoms with Gasteiger partial charge in [0.15, 0.2) is 11.5 Å². The normalized spacial score (nSPS) is 18.4. The number of anilines is 2. The number of aromatic amines is 1. The highest BCUT2D eigenvalue weighted by Gasteiger charge is 2.26.